The van der Waals surface area contributed by atoms with E-state index in [-0.39, 0.29) is 0 Å². The van der Waals surface area contributed by atoms with Crippen molar-refractivity contribution in [2.24, 2.45) is 0 Å². The van der Waals surface area contributed by atoms with Crippen LogP contribution in [0.3, 0.4) is 0 Å². The second kappa shape index (κ2) is 4.07. The van der Waals surface area contributed by atoms with E-state index in [1.54, 1.807) is 11.4 Å². The minimum absolute atomic E-state index is 1.43. The predicted octanol–water partition coefficient (Wildman–Crippen LogP) is 1.70. The summed E-state index contributed by atoms with van der Waals surface area (Å²) in [7, 11) is 8.16. The lowest BCUT2D eigenvalue weighted by Gasteiger charge is -2.32. The maximum Gasteiger partial charge on any atom is 0.131 e. The van der Waals surface area contributed by atoms with Gasteiger partial charge < -0.3 is 0 Å². The van der Waals surface area contributed by atoms with Crippen LogP contribution in [-0.2, 0) is 11.8 Å². The molecule has 0 N–H and O–H groups in total. The first-order valence-electron chi connectivity index (χ1n) is 2.96. The highest BCUT2D eigenvalue weighted by Crippen LogP contribution is 2.60. The van der Waals surface area contributed by atoms with Crippen molar-refractivity contribution < 1.29 is 0 Å². The second-order valence-electron chi connectivity index (χ2n) is 2.37. The Labute approximate surface area is 72.8 Å². The monoisotopic (exact) mass is 198 g/mol. The first-order valence-corrected chi connectivity index (χ1v) is 7.50. The molecule has 0 radical (unpaired) electrons. The zero-order valence-electron chi connectivity index (χ0n) is 7.16. The minimum atomic E-state index is -1.43. The van der Waals surface area contributed by atoms with E-state index in [1.165, 1.54) is 0 Å². The summed E-state index contributed by atoms with van der Waals surface area (Å²) >= 11 is 7.24. The molecule has 0 amide bonds. The normalized spacial score (nSPS) is 13.1. The zero-order chi connectivity index (χ0) is 8.36. The molecule has 2 nitrogen and oxygen atoms in total. The smallest absolute Gasteiger partial charge is 0.131 e. The zero-order valence-corrected chi connectivity index (χ0v) is 9.69. The third kappa shape index (κ3) is 2.21. The van der Waals surface area contributed by atoms with Crippen molar-refractivity contribution in [1.29, 1.82) is 0 Å². The van der Waals surface area contributed by atoms with Gasteiger partial charge in [-0.05, 0) is 34.4 Å². The van der Waals surface area contributed by atoms with Gasteiger partial charge in [0.25, 0.3) is 0 Å². The Kier molecular flexibility index (Phi) is 4.45. The van der Waals surface area contributed by atoms with Gasteiger partial charge in [-0.3, -0.25) is 9.34 Å². The van der Waals surface area contributed by atoms with Crippen molar-refractivity contribution in [2.75, 3.05) is 34.4 Å². The molecule has 0 bridgehead atoms. The van der Waals surface area contributed by atoms with Gasteiger partial charge in [-0.1, -0.05) is 23.2 Å². The van der Waals surface area contributed by atoms with Gasteiger partial charge >= 0.3 is 0 Å². The van der Waals surface area contributed by atoms with Crippen molar-refractivity contribution in [3.63, 3.8) is 0 Å². The maximum absolute atomic E-state index is 5.48. The average Bonchev–Trinajstić information content (AvgIpc) is 1.85. The van der Waals surface area contributed by atoms with Crippen LogP contribution >= 0.6 is 16.9 Å². The van der Waals surface area contributed by atoms with Crippen LogP contribution in [0, 0.1) is 0 Å². The highest BCUT2D eigenvalue weighted by Gasteiger charge is 2.20. The fourth-order valence-corrected chi connectivity index (χ4v) is 4.01. The summed E-state index contributed by atoms with van der Waals surface area (Å²) in [5, 5.41) is 0. The van der Waals surface area contributed by atoms with Crippen LogP contribution in [0.25, 0.3) is 0 Å². The van der Waals surface area contributed by atoms with Gasteiger partial charge in [0.15, 0.2) is 0 Å². The highest BCUT2D eigenvalue weighted by molar-refractivity contribution is 8.69. The van der Waals surface area contributed by atoms with Crippen LogP contribution in [0.5, 0.6) is 0 Å². The van der Waals surface area contributed by atoms with Gasteiger partial charge in [0, 0.05) is 0 Å². The standard InChI is InChI=1S/C5H15N2PS2/c1-6(2)8(9,10-5)7(3)4/h1-5H3. The average molecular weight is 198 g/mol. The number of hydrogen-bond donors (Lipinski definition) is 0. The molecule has 0 saturated heterocycles. The fourth-order valence-electron chi connectivity index (χ4n) is 0.684. The first-order chi connectivity index (χ1) is 4.45. The van der Waals surface area contributed by atoms with E-state index in [0.29, 0.717) is 0 Å². The molecule has 0 aliphatic carbocycles. The van der Waals surface area contributed by atoms with E-state index >= 15 is 0 Å². The molecule has 10 heavy (non-hydrogen) atoms. The molecule has 0 heterocycles. The number of rotatable bonds is 3. The van der Waals surface area contributed by atoms with Crippen molar-refractivity contribution in [2.45, 2.75) is 0 Å². The lowest BCUT2D eigenvalue weighted by molar-refractivity contribution is 0.588. The maximum atomic E-state index is 5.48. The molecular weight excluding hydrogens is 183 g/mol. The SMILES string of the molecule is CSP(=S)(N(C)C)N(C)C. The molecule has 0 aliphatic heterocycles. The lowest BCUT2D eigenvalue weighted by atomic mass is 11.3. The molecule has 0 spiro atoms. The summed E-state index contributed by atoms with van der Waals surface area (Å²) in [5.41, 5.74) is -1.43. The fraction of sp³-hybridized carbons (Fsp3) is 1.00. The first kappa shape index (κ1) is 10.9. The Morgan fingerprint density at radius 2 is 1.40 bits per heavy atom. The Morgan fingerprint density at radius 3 is 1.40 bits per heavy atom. The van der Waals surface area contributed by atoms with Gasteiger partial charge in [0.1, 0.15) is 5.54 Å². The van der Waals surface area contributed by atoms with Gasteiger partial charge in [-0.25, -0.2) is 0 Å². The Balaban J connectivity index is 4.40. The molecule has 0 fully saturated rings. The summed E-state index contributed by atoms with van der Waals surface area (Å²) < 4.78 is 4.26. The third-order valence-corrected chi connectivity index (χ3v) is 10.4. The molecule has 0 rings (SSSR count). The van der Waals surface area contributed by atoms with Crippen LogP contribution in [0.4, 0.5) is 0 Å². The van der Waals surface area contributed by atoms with E-state index in [9.17, 15) is 0 Å². The van der Waals surface area contributed by atoms with Gasteiger partial charge in [0.05, 0.1) is 0 Å². The lowest BCUT2D eigenvalue weighted by Crippen LogP contribution is -2.17. The van der Waals surface area contributed by atoms with E-state index in [2.05, 4.69) is 15.6 Å². The van der Waals surface area contributed by atoms with Crippen molar-refractivity contribution in [3.05, 3.63) is 0 Å². The van der Waals surface area contributed by atoms with Crippen molar-refractivity contribution in [1.82, 2.24) is 9.34 Å². The van der Waals surface area contributed by atoms with Crippen LogP contribution in [-0.4, -0.2) is 43.8 Å². The third-order valence-electron chi connectivity index (χ3n) is 1.25. The molecule has 0 aromatic heterocycles. The Morgan fingerprint density at radius 1 is 1.10 bits per heavy atom. The van der Waals surface area contributed by atoms with Crippen molar-refractivity contribution in [3.8, 4) is 0 Å². The molecule has 0 aliphatic rings. The van der Waals surface area contributed by atoms with Crippen LogP contribution in [0.1, 0.15) is 0 Å². The van der Waals surface area contributed by atoms with E-state index in [1.807, 2.05) is 28.2 Å². The van der Waals surface area contributed by atoms with Gasteiger partial charge in [-0.2, -0.15) is 0 Å². The summed E-state index contributed by atoms with van der Waals surface area (Å²) in [4.78, 5) is 0. The van der Waals surface area contributed by atoms with E-state index in [0.717, 1.165) is 0 Å². The summed E-state index contributed by atoms with van der Waals surface area (Å²) in [6.07, 6.45) is 2.07. The highest BCUT2D eigenvalue weighted by atomic mass is 32.9. The minimum Gasteiger partial charge on any atom is -0.262 e. The molecule has 62 valence electrons. The topological polar surface area (TPSA) is 6.48 Å². The summed E-state index contributed by atoms with van der Waals surface area (Å²) in [6.45, 7) is 0. The van der Waals surface area contributed by atoms with Crippen LogP contribution < -0.4 is 0 Å². The van der Waals surface area contributed by atoms with Gasteiger partial charge in [-0.15, -0.1) is 0 Å². The Hall–Kier alpha value is 0.920. The molecular formula is C5H15N2PS2. The Bertz CT molecular complexity index is 135. The summed E-state index contributed by atoms with van der Waals surface area (Å²) in [5.74, 6) is 0. The second-order valence-corrected chi connectivity index (χ2v) is 10.2. The molecule has 0 saturated carbocycles. The molecule has 0 atom stereocenters. The molecule has 0 unspecified atom stereocenters. The van der Waals surface area contributed by atoms with E-state index in [4.69, 9.17) is 11.8 Å². The summed E-state index contributed by atoms with van der Waals surface area (Å²) in [6, 6.07) is 0. The number of nitrogens with zero attached hydrogens (tertiary/aromatic N) is 2. The van der Waals surface area contributed by atoms with E-state index < -0.39 is 5.54 Å². The van der Waals surface area contributed by atoms with Gasteiger partial charge in [0.2, 0.25) is 0 Å². The molecule has 0 aromatic carbocycles. The largest absolute Gasteiger partial charge is 0.262 e. The van der Waals surface area contributed by atoms with Crippen LogP contribution in [0.2, 0.25) is 0 Å². The molecule has 5 heteroatoms. The quantitative estimate of drug-likeness (QED) is 0.636. The molecule has 0 aromatic rings. The van der Waals surface area contributed by atoms with Crippen LogP contribution in [0.15, 0.2) is 0 Å². The number of hydrogen-bond acceptors (Lipinski definition) is 2. The predicted molar refractivity (Wildman–Crippen MR) is 55.2 cm³/mol. The van der Waals surface area contributed by atoms with Crippen molar-refractivity contribution >= 4 is 28.7 Å².